The molecule has 6 heteroatoms. The van der Waals surface area contributed by atoms with Crippen molar-refractivity contribution in [3.63, 3.8) is 0 Å². The molecule has 1 aliphatic rings. The van der Waals surface area contributed by atoms with E-state index in [1.807, 2.05) is 0 Å². The highest BCUT2D eigenvalue weighted by Gasteiger charge is 2.40. The second-order valence-electron chi connectivity index (χ2n) is 6.05. The van der Waals surface area contributed by atoms with Gasteiger partial charge < -0.3 is 20.1 Å². The van der Waals surface area contributed by atoms with Crippen molar-refractivity contribution in [1.82, 2.24) is 10.6 Å². The fourth-order valence-electron chi connectivity index (χ4n) is 3.06. The maximum Gasteiger partial charge on any atom is 0.252 e. The summed E-state index contributed by atoms with van der Waals surface area (Å²) in [5, 5.41) is 5.65. The second kappa shape index (κ2) is 8.68. The monoisotopic (exact) mass is 334 g/mol. The van der Waals surface area contributed by atoms with Crippen molar-refractivity contribution in [2.75, 3.05) is 27.4 Å². The van der Waals surface area contributed by atoms with Crippen LogP contribution in [0.4, 0.5) is 0 Å². The summed E-state index contributed by atoms with van der Waals surface area (Å²) in [5.41, 5.74) is -0.324. The van der Waals surface area contributed by atoms with Crippen molar-refractivity contribution in [3.8, 4) is 5.75 Å². The Morgan fingerprint density at radius 1 is 1.17 bits per heavy atom. The molecule has 0 radical (unpaired) electrons. The summed E-state index contributed by atoms with van der Waals surface area (Å²) < 4.78 is 10.5. The first kappa shape index (κ1) is 18.3. The first-order valence-corrected chi connectivity index (χ1v) is 8.38. The first-order chi connectivity index (χ1) is 11.6. The quantitative estimate of drug-likeness (QED) is 0.747. The van der Waals surface area contributed by atoms with Gasteiger partial charge in [-0.2, -0.15) is 0 Å². The fourth-order valence-corrected chi connectivity index (χ4v) is 3.06. The average molecular weight is 334 g/mol. The van der Waals surface area contributed by atoms with Crippen LogP contribution < -0.4 is 15.4 Å². The van der Waals surface area contributed by atoms with E-state index in [2.05, 4.69) is 10.6 Å². The number of amides is 2. The number of rotatable bonds is 7. The molecule has 0 aliphatic heterocycles. The molecule has 1 aromatic rings. The molecule has 0 heterocycles. The van der Waals surface area contributed by atoms with Gasteiger partial charge in [0.2, 0.25) is 5.91 Å². The number of benzene rings is 1. The van der Waals surface area contributed by atoms with Crippen LogP contribution in [0.5, 0.6) is 5.75 Å². The predicted molar refractivity (Wildman–Crippen MR) is 91.2 cm³/mol. The van der Waals surface area contributed by atoms with Gasteiger partial charge >= 0.3 is 0 Å². The zero-order valence-electron chi connectivity index (χ0n) is 14.4. The van der Waals surface area contributed by atoms with Crippen molar-refractivity contribution in [2.45, 2.75) is 37.6 Å². The van der Waals surface area contributed by atoms with E-state index in [0.29, 0.717) is 37.4 Å². The van der Waals surface area contributed by atoms with Crippen molar-refractivity contribution >= 4 is 11.8 Å². The van der Waals surface area contributed by atoms with Crippen molar-refractivity contribution in [1.29, 1.82) is 0 Å². The van der Waals surface area contributed by atoms with Gasteiger partial charge in [-0.15, -0.1) is 0 Å². The third-order valence-corrected chi connectivity index (χ3v) is 4.37. The van der Waals surface area contributed by atoms with Gasteiger partial charge in [0.05, 0.1) is 6.61 Å². The molecule has 0 unspecified atom stereocenters. The van der Waals surface area contributed by atoms with Crippen LogP contribution in [0.15, 0.2) is 24.3 Å². The summed E-state index contributed by atoms with van der Waals surface area (Å²) in [6.45, 7) is 0.903. The molecule has 24 heavy (non-hydrogen) atoms. The zero-order chi connectivity index (χ0) is 17.4. The van der Waals surface area contributed by atoms with Crippen molar-refractivity contribution in [2.24, 2.45) is 0 Å². The topological polar surface area (TPSA) is 76.7 Å². The van der Waals surface area contributed by atoms with E-state index >= 15 is 0 Å². The maximum absolute atomic E-state index is 12.6. The Hall–Kier alpha value is -2.08. The minimum atomic E-state index is -0.809. The Kier molecular flexibility index (Phi) is 6.61. The number of nitrogens with one attached hydrogen (secondary N) is 2. The summed E-state index contributed by atoms with van der Waals surface area (Å²) in [6, 6.07) is 6.97. The summed E-state index contributed by atoms with van der Waals surface area (Å²) in [7, 11) is 3.21. The van der Waals surface area contributed by atoms with Crippen LogP contribution in [0, 0.1) is 0 Å². The van der Waals surface area contributed by atoms with Crippen LogP contribution in [-0.2, 0) is 9.53 Å². The van der Waals surface area contributed by atoms with E-state index in [-0.39, 0.29) is 11.8 Å². The summed E-state index contributed by atoms with van der Waals surface area (Å²) in [6.07, 6.45) is 4.31. The highest BCUT2D eigenvalue weighted by atomic mass is 16.5. The molecule has 6 nitrogen and oxygen atoms in total. The SMILES string of the molecule is CNC(=O)C1(NC(=O)c2cccc(OCCOC)c2)CCCCC1. The van der Waals surface area contributed by atoms with Crippen LogP contribution in [0.2, 0.25) is 0 Å². The van der Waals surface area contributed by atoms with Crippen LogP contribution in [0.25, 0.3) is 0 Å². The molecule has 132 valence electrons. The molecule has 0 aromatic heterocycles. The third kappa shape index (κ3) is 4.47. The molecule has 2 amide bonds. The average Bonchev–Trinajstić information content (AvgIpc) is 2.62. The Morgan fingerprint density at radius 2 is 1.92 bits per heavy atom. The fraction of sp³-hybridized carbons (Fsp3) is 0.556. The van der Waals surface area contributed by atoms with Gasteiger partial charge in [0.15, 0.2) is 0 Å². The number of carbonyl (C=O) groups is 2. The Labute approximate surface area is 142 Å². The van der Waals surface area contributed by atoms with Crippen molar-refractivity contribution in [3.05, 3.63) is 29.8 Å². The smallest absolute Gasteiger partial charge is 0.252 e. The molecular formula is C18H26N2O4. The molecule has 1 fully saturated rings. The number of hydrogen-bond donors (Lipinski definition) is 2. The molecule has 2 N–H and O–H groups in total. The van der Waals surface area contributed by atoms with E-state index in [4.69, 9.17) is 9.47 Å². The van der Waals surface area contributed by atoms with Gasteiger partial charge in [-0.05, 0) is 31.0 Å². The lowest BCUT2D eigenvalue weighted by molar-refractivity contribution is -0.128. The predicted octanol–water partition coefficient (Wildman–Crippen LogP) is 1.89. The Morgan fingerprint density at radius 3 is 2.58 bits per heavy atom. The lowest BCUT2D eigenvalue weighted by atomic mass is 9.80. The molecule has 0 bridgehead atoms. The minimum Gasteiger partial charge on any atom is -0.491 e. The normalized spacial score (nSPS) is 16.2. The Bertz CT molecular complexity index is 568. The zero-order valence-corrected chi connectivity index (χ0v) is 14.4. The molecule has 0 spiro atoms. The highest BCUT2D eigenvalue weighted by molar-refractivity contribution is 5.99. The van der Waals surface area contributed by atoms with E-state index < -0.39 is 5.54 Å². The van der Waals surface area contributed by atoms with E-state index in [1.54, 1.807) is 38.4 Å². The van der Waals surface area contributed by atoms with Crippen LogP contribution in [-0.4, -0.2) is 44.7 Å². The summed E-state index contributed by atoms with van der Waals surface area (Å²) in [4.78, 5) is 25.0. The van der Waals surface area contributed by atoms with Crippen LogP contribution in [0.3, 0.4) is 0 Å². The number of carbonyl (C=O) groups excluding carboxylic acids is 2. The van der Waals surface area contributed by atoms with Gasteiger partial charge in [0, 0.05) is 19.7 Å². The largest absolute Gasteiger partial charge is 0.491 e. The second-order valence-corrected chi connectivity index (χ2v) is 6.05. The first-order valence-electron chi connectivity index (χ1n) is 8.38. The van der Waals surface area contributed by atoms with Crippen LogP contribution in [0.1, 0.15) is 42.5 Å². The molecule has 1 saturated carbocycles. The number of hydrogen-bond acceptors (Lipinski definition) is 4. The van der Waals surface area contributed by atoms with E-state index in [9.17, 15) is 9.59 Å². The van der Waals surface area contributed by atoms with Crippen LogP contribution >= 0.6 is 0 Å². The van der Waals surface area contributed by atoms with Gasteiger partial charge in [0.25, 0.3) is 5.91 Å². The molecule has 1 aliphatic carbocycles. The molecule has 0 saturated heterocycles. The molecule has 2 rings (SSSR count). The molecule has 0 atom stereocenters. The summed E-state index contributed by atoms with van der Waals surface area (Å²) >= 11 is 0. The lowest BCUT2D eigenvalue weighted by Crippen LogP contribution is -2.59. The number of methoxy groups -OCH3 is 1. The minimum absolute atomic E-state index is 0.122. The standard InChI is InChI=1S/C18H26N2O4/c1-19-17(22)18(9-4-3-5-10-18)20-16(21)14-7-6-8-15(13-14)24-12-11-23-2/h6-8,13H,3-5,9-12H2,1-2H3,(H,19,22)(H,20,21). The van der Waals surface area contributed by atoms with Crippen molar-refractivity contribution < 1.29 is 19.1 Å². The van der Waals surface area contributed by atoms with Gasteiger partial charge in [0.1, 0.15) is 17.9 Å². The number of ether oxygens (including phenoxy) is 2. The van der Waals surface area contributed by atoms with Gasteiger partial charge in [-0.3, -0.25) is 9.59 Å². The number of likely N-dealkylation sites (N-methyl/N-ethyl adjacent to an activating group) is 1. The maximum atomic E-state index is 12.6. The third-order valence-electron chi connectivity index (χ3n) is 4.37. The van der Waals surface area contributed by atoms with Gasteiger partial charge in [-0.25, -0.2) is 0 Å². The summed E-state index contributed by atoms with van der Waals surface area (Å²) in [5.74, 6) is 0.234. The van der Waals surface area contributed by atoms with E-state index in [1.165, 1.54) is 0 Å². The Balaban J connectivity index is 2.09. The van der Waals surface area contributed by atoms with E-state index in [0.717, 1.165) is 19.3 Å². The van der Waals surface area contributed by atoms with Gasteiger partial charge in [-0.1, -0.05) is 25.3 Å². The lowest BCUT2D eigenvalue weighted by Gasteiger charge is -2.36. The molecular weight excluding hydrogens is 308 g/mol. The molecule has 1 aromatic carbocycles. The highest BCUT2D eigenvalue weighted by Crippen LogP contribution is 2.29.